The minimum Gasteiger partial charge on any atom is -0.348 e. The van der Waals surface area contributed by atoms with Gasteiger partial charge in [0.2, 0.25) is 0 Å². The first kappa shape index (κ1) is 22.9. The highest BCUT2D eigenvalue weighted by Crippen LogP contribution is 2.24. The van der Waals surface area contributed by atoms with Crippen LogP contribution in [0.25, 0.3) is 11.5 Å². The molecule has 152 valence electrons. The van der Waals surface area contributed by atoms with Gasteiger partial charge in [-0.05, 0) is 17.1 Å². The van der Waals surface area contributed by atoms with E-state index in [2.05, 4.69) is 64.2 Å². The second-order valence-corrected chi connectivity index (χ2v) is 9.38. The van der Waals surface area contributed by atoms with E-state index in [1.807, 2.05) is 15.7 Å². The monoisotopic (exact) mass is 408 g/mol. The van der Waals surface area contributed by atoms with Gasteiger partial charge in [0.25, 0.3) is 11.1 Å². The maximum absolute atomic E-state index is 12.9. The van der Waals surface area contributed by atoms with Crippen molar-refractivity contribution in [2.45, 2.75) is 26.2 Å². The molecule has 2 heterocycles. The Kier molecular flexibility index (Phi) is 5.96. The molecule has 0 amide bonds. The summed E-state index contributed by atoms with van der Waals surface area (Å²) in [4.78, 5) is 39.0. The van der Waals surface area contributed by atoms with E-state index in [0.717, 1.165) is 22.2 Å². The summed E-state index contributed by atoms with van der Waals surface area (Å²) < 4.78 is 0. The zero-order valence-corrected chi connectivity index (χ0v) is 19.9. The Labute approximate surface area is 186 Å². The van der Waals surface area contributed by atoms with Crippen LogP contribution in [0.1, 0.15) is 37.7 Å². The Bertz CT molecular complexity index is 1400. The highest BCUT2D eigenvalue weighted by molar-refractivity contribution is 6.67. The van der Waals surface area contributed by atoms with Crippen LogP contribution >= 0.6 is 0 Å². The van der Waals surface area contributed by atoms with Crippen LogP contribution in [0.2, 0.25) is 0 Å². The summed E-state index contributed by atoms with van der Waals surface area (Å²) in [5.41, 5.74) is 8.21. The predicted octanol–water partition coefficient (Wildman–Crippen LogP) is -9.01. The van der Waals surface area contributed by atoms with Crippen molar-refractivity contribution in [3.05, 3.63) is 54.7 Å². The molecule has 1 aromatic carbocycles. The predicted molar refractivity (Wildman–Crippen MR) is 146 cm³/mol. The van der Waals surface area contributed by atoms with Gasteiger partial charge < -0.3 is 15.0 Å². The number of benzene rings is 1. The summed E-state index contributed by atoms with van der Waals surface area (Å²) in [6.07, 6.45) is 3.39. The van der Waals surface area contributed by atoms with Crippen molar-refractivity contribution < 1.29 is 0 Å². The molecule has 6 nitrogen and oxygen atoms in total. The van der Waals surface area contributed by atoms with Gasteiger partial charge in [0.1, 0.15) is 57.8 Å². The number of nitrogens with zero attached hydrogens (tertiary/aromatic N) is 1. The summed E-state index contributed by atoms with van der Waals surface area (Å²) in [7, 11) is 12.2. The average molecular weight is 407 g/mol. The van der Waals surface area contributed by atoms with E-state index in [0.29, 0.717) is 11.2 Å². The normalized spacial score (nSPS) is 13.5. The van der Waals surface area contributed by atoms with E-state index in [-0.39, 0.29) is 27.2 Å². The zero-order chi connectivity index (χ0) is 23.2. The maximum Gasteiger partial charge on any atom is 0.272 e. The molecule has 2 aromatic heterocycles. The molecule has 0 unspecified atom stereocenters. The van der Waals surface area contributed by atoms with Crippen molar-refractivity contribution in [2.75, 3.05) is 0 Å². The number of H-pyrrole nitrogens is 3. The second-order valence-electron chi connectivity index (χ2n) is 9.38. The molecule has 0 atom stereocenters. The molecule has 3 aromatic rings. The molecule has 0 saturated heterocycles. The largest absolute Gasteiger partial charge is 0.348 e. The van der Waals surface area contributed by atoms with E-state index < -0.39 is 0 Å². The van der Waals surface area contributed by atoms with Gasteiger partial charge in [-0.25, -0.2) is 4.98 Å². The lowest BCUT2D eigenvalue weighted by atomic mass is 9.60. The summed E-state index contributed by atoms with van der Waals surface area (Å²) >= 11 is 0. The number of rotatable bonds is 2. The Morgan fingerprint density at radius 3 is 2.00 bits per heavy atom. The quantitative estimate of drug-likeness (QED) is 0.369. The van der Waals surface area contributed by atoms with Crippen LogP contribution in [0.3, 0.4) is 0 Å². The van der Waals surface area contributed by atoms with E-state index in [4.69, 9.17) is 0 Å². The molecule has 31 heavy (non-hydrogen) atoms. The average Bonchev–Trinajstić information content (AvgIpc) is 3.20. The molecule has 3 N–H and O–H groups in total. The first-order valence-corrected chi connectivity index (χ1v) is 10.5. The molecule has 0 spiro atoms. The van der Waals surface area contributed by atoms with Gasteiger partial charge in [0, 0.05) is 11.1 Å². The molecular weight excluding hydrogens is 381 g/mol. The number of hydrogen-bond donors (Lipinski definition) is 3. The topological polar surface area (TPSA) is 94.4 Å². The number of nitrogens with one attached hydrogen (secondary N) is 3. The zero-order valence-electron chi connectivity index (χ0n) is 19.9. The van der Waals surface area contributed by atoms with Gasteiger partial charge in [-0.15, -0.1) is 16.4 Å². The first-order chi connectivity index (χ1) is 14.3. The molecule has 0 radical (unpaired) electrons. The first-order valence-electron chi connectivity index (χ1n) is 10.5. The summed E-state index contributed by atoms with van der Waals surface area (Å²) in [6, 6.07) is 0. The van der Waals surface area contributed by atoms with Crippen molar-refractivity contribution in [2.24, 2.45) is 0 Å². The third-order valence-corrected chi connectivity index (χ3v) is 6.42. The third-order valence-electron chi connectivity index (χ3n) is 6.42. The molecule has 0 bridgehead atoms. The Balaban J connectivity index is 2.30. The van der Waals surface area contributed by atoms with Gasteiger partial charge in [-0.1, -0.05) is 31.7 Å². The smallest absolute Gasteiger partial charge is 0.272 e. The fourth-order valence-electron chi connectivity index (χ4n) is 4.00. The van der Waals surface area contributed by atoms with E-state index >= 15 is 0 Å². The lowest BCUT2D eigenvalue weighted by Crippen LogP contribution is -2.56. The Hall–Kier alpha value is -2.76. The number of imidazole rings is 1. The number of hydrogen-bond acceptors (Lipinski definition) is 3. The van der Waals surface area contributed by atoms with Crippen LogP contribution in [0.15, 0.2) is 15.9 Å². The van der Waals surface area contributed by atoms with Crippen molar-refractivity contribution in [3.8, 4) is 0 Å². The molecular formula is C19H26B6N4O2. The lowest BCUT2D eigenvalue weighted by Gasteiger charge is -2.18. The third kappa shape index (κ3) is 4.08. The van der Waals surface area contributed by atoms with Gasteiger partial charge >= 0.3 is 0 Å². The van der Waals surface area contributed by atoms with E-state index in [1.54, 1.807) is 20.2 Å². The maximum atomic E-state index is 12.9. The molecule has 0 aliphatic rings. The molecule has 0 fully saturated rings. The highest BCUT2D eigenvalue weighted by Gasteiger charge is 2.21. The molecule has 0 aliphatic carbocycles. The molecule has 0 aliphatic heterocycles. The van der Waals surface area contributed by atoms with Gasteiger partial charge in [0.05, 0.1) is 12.0 Å². The SMILES string of the molecule is B/C(c1nc[nH]c1C(C)(C)C)=c1/[nH]c(=O)/c(=C/c2c(B)c(B)c(B)c(B)c2B)[nH]c1=O. The Morgan fingerprint density at radius 2 is 1.45 bits per heavy atom. The molecule has 0 saturated carbocycles. The van der Waals surface area contributed by atoms with Crippen molar-refractivity contribution in [1.29, 1.82) is 0 Å². The van der Waals surface area contributed by atoms with Crippen LogP contribution in [-0.2, 0) is 5.41 Å². The van der Waals surface area contributed by atoms with Crippen LogP contribution in [0.4, 0.5) is 0 Å². The fraction of sp³-hybridized carbons (Fsp3) is 0.211. The summed E-state index contributed by atoms with van der Waals surface area (Å²) in [6.45, 7) is 6.20. The fourth-order valence-corrected chi connectivity index (χ4v) is 4.00. The van der Waals surface area contributed by atoms with Gasteiger partial charge in [-0.2, -0.15) is 0 Å². The standard InChI is InChI=1S/C19H26B6N4O2/c1-19(2,3)16-14(26-5-27-16)13(25)15-18(31)28-7(17(30)29-15)4-6-8(20)10(22)12(24)11(23)9(6)21/h4-5H,20-25H2,1-3H3,(H,26,27)(H,28,31)(H,29,30)/b7-4-,15-13+. The minimum atomic E-state index is -0.345. The van der Waals surface area contributed by atoms with E-state index in [9.17, 15) is 9.59 Å². The highest BCUT2D eigenvalue weighted by atomic mass is 16.1. The number of aromatic amines is 3. The van der Waals surface area contributed by atoms with Crippen molar-refractivity contribution in [3.63, 3.8) is 0 Å². The molecule has 3 rings (SSSR count). The van der Waals surface area contributed by atoms with Crippen LogP contribution in [-0.4, -0.2) is 67.0 Å². The summed E-state index contributed by atoms with van der Waals surface area (Å²) in [5.74, 6) is 0. The van der Waals surface area contributed by atoms with Gasteiger partial charge in [-0.3, -0.25) is 9.59 Å². The van der Waals surface area contributed by atoms with E-state index in [1.165, 1.54) is 16.4 Å². The minimum absolute atomic E-state index is 0.177. The van der Waals surface area contributed by atoms with Crippen LogP contribution < -0.4 is 49.1 Å². The molecule has 12 heteroatoms. The van der Waals surface area contributed by atoms with Crippen molar-refractivity contribution in [1.82, 2.24) is 19.9 Å². The second kappa shape index (κ2) is 8.06. The summed E-state index contributed by atoms with van der Waals surface area (Å²) in [5, 5.41) is 0.470. The van der Waals surface area contributed by atoms with Crippen molar-refractivity contribution >= 4 is 85.9 Å². The lowest BCUT2D eigenvalue weighted by molar-refractivity contribution is 0.571. The van der Waals surface area contributed by atoms with Crippen LogP contribution in [0, 0.1) is 0 Å². The Morgan fingerprint density at radius 1 is 0.903 bits per heavy atom. The van der Waals surface area contributed by atoms with Gasteiger partial charge in [0.15, 0.2) is 0 Å². The van der Waals surface area contributed by atoms with Crippen LogP contribution in [0.5, 0.6) is 0 Å². The number of aromatic nitrogens is 4.